The SMILES string of the molecule is N#Cc1ccccc1CNCc1ccc(F)cc1. The summed E-state index contributed by atoms with van der Waals surface area (Å²) in [5.41, 5.74) is 2.68. The van der Waals surface area contributed by atoms with Crippen molar-refractivity contribution in [2.24, 2.45) is 0 Å². The smallest absolute Gasteiger partial charge is 0.123 e. The number of hydrogen-bond acceptors (Lipinski definition) is 2. The second-order valence-corrected chi connectivity index (χ2v) is 4.00. The lowest BCUT2D eigenvalue weighted by atomic mass is 10.1. The molecule has 0 aromatic heterocycles. The molecule has 0 aliphatic rings. The summed E-state index contributed by atoms with van der Waals surface area (Å²) in [7, 11) is 0. The van der Waals surface area contributed by atoms with Crippen LogP contribution in [-0.2, 0) is 13.1 Å². The van der Waals surface area contributed by atoms with Crippen LogP contribution >= 0.6 is 0 Å². The van der Waals surface area contributed by atoms with Crippen molar-refractivity contribution in [1.29, 1.82) is 5.26 Å². The van der Waals surface area contributed by atoms with Gasteiger partial charge >= 0.3 is 0 Å². The molecule has 1 N–H and O–H groups in total. The molecule has 0 bridgehead atoms. The lowest BCUT2D eigenvalue weighted by Gasteiger charge is -2.06. The van der Waals surface area contributed by atoms with E-state index in [0.29, 0.717) is 18.7 Å². The van der Waals surface area contributed by atoms with Crippen LogP contribution in [0.3, 0.4) is 0 Å². The van der Waals surface area contributed by atoms with Gasteiger partial charge in [0.2, 0.25) is 0 Å². The Morgan fingerprint density at radius 2 is 1.72 bits per heavy atom. The monoisotopic (exact) mass is 240 g/mol. The van der Waals surface area contributed by atoms with Gasteiger partial charge in [-0.3, -0.25) is 0 Å². The number of rotatable bonds is 4. The summed E-state index contributed by atoms with van der Waals surface area (Å²) in [6, 6.07) is 16.0. The van der Waals surface area contributed by atoms with E-state index in [-0.39, 0.29) is 5.82 Å². The van der Waals surface area contributed by atoms with Crippen LogP contribution in [0.2, 0.25) is 0 Å². The molecule has 0 saturated carbocycles. The Labute approximate surface area is 106 Å². The van der Waals surface area contributed by atoms with Crippen LogP contribution in [0.4, 0.5) is 4.39 Å². The molecule has 0 amide bonds. The van der Waals surface area contributed by atoms with Crippen molar-refractivity contribution in [3.05, 3.63) is 71.0 Å². The zero-order chi connectivity index (χ0) is 12.8. The van der Waals surface area contributed by atoms with E-state index in [2.05, 4.69) is 11.4 Å². The van der Waals surface area contributed by atoms with E-state index in [1.165, 1.54) is 12.1 Å². The van der Waals surface area contributed by atoms with E-state index in [4.69, 9.17) is 5.26 Å². The maximum atomic E-state index is 12.7. The maximum Gasteiger partial charge on any atom is 0.123 e. The van der Waals surface area contributed by atoms with Crippen LogP contribution in [0.1, 0.15) is 16.7 Å². The number of hydrogen-bond donors (Lipinski definition) is 1. The molecule has 0 unspecified atom stereocenters. The van der Waals surface area contributed by atoms with E-state index in [1.54, 1.807) is 18.2 Å². The van der Waals surface area contributed by atoms with Gasteiger partial charge in [0.15, 0.2) is 0 Å². The molecule has 0 fully saturated rings. The van der Waals surface area contributed by atoms with Gasteiger partial charge in [-0.2, -0.15) is 5.26 Å². The number of benzene rings is 2. The highest BCUT2D eigenvalue weighted by Gasteiger charge is 2.00. The fourth-order valence-corrected chi connectivity index (χ4v) is 1.73. The molecule has 3 heteroatoms. The van der Waals surface area contributed by atoms with Crippen LogP contribution in [0.5, 0.6) is 0 Å². The standard InChI is InChI=1S/C15H13FN2/c16-15-7-5-12(6-8-15)10-18-11-14-4-2-1-3-13(14)9-17/h1-8,18H,10-11H2. The van der Waals surface area contributed by atoms with Crippen LogP contribution in [0.15, 0.2) is 48.5 Å². The fraction of sp³-hybridized carbons (Fsp3) is 0.133. The number of nitriles is 1. The van der Waals surface area contributed by atoms with Crippen molar-refractivity contribution in [2.45, 2.75) is 13.1 Å². The van der Waals surface area contributed by atoms with E-state index in [1.807, 2.05) is 18.2 Å². The normalized spacial score (nSPS) is 10.0. The second-order valence-electron chi connectivity index (χ2n) is 4.00. The van der Waals surface area contributed by atoms with Crippen molar-refractivity contribution < 1.29 is 4.39 Å². The molecule has 2 rings (SSSR count). The number of halogens is 1. The van der Waals surface area contributed by atoms with Crippen molar-refractivity contribution in [3.8, 4) is 6.07 Å². The van der Waals surface area contributed by atoms with Crippen molar-refractivity contribution >= 4 is 0 Å². The maximum absolute atomic E-state index is 12.7. The lowest BCUT2D eigenvalue weighted by Crippen LogP contribution is -2.13. The van der Waals surface area contributed by atoms with E-state index >= 15 is 0 Å². The molecule has 0 heterocycles. The van der Waals surface area contributed by atoms with Crippen molar-refractivity contribution in [3.63, 3.8) is 0 Å². The summed E-state index contributed by atoms with van der Waals surface area (Å²) < 4.78 is 12.7. The van der Waals surface area contributed by atoms with Crippen LogP contribution in [-0.4, -0.2) is 0 Å². The van der Waals surface area contributed by atoms with Gasteiger partial charge in [0, 0.05) is 13.1 Å². The highest BCUT2D eigenvalue weighted by Crippen LogP contribution is 2.07. The van der Waals surface area contributed by atoms with Gasteiger partial charge in [-0.1, -0.05) is 30.3 Å². The average Bonchev–Trinajstić information content (AvgIpc) is 2.41. The summed E-state index contributed by atoms with van der Waals surface area (Å²) >= 11 is 0. The highest BCUT2D eigenvalue weighted by atomic mass is 19.1. The first-order chi connectivity index (χ1) is 8.79. The van der Waals surface area contributed by atoms with Gasteiger partial charge < -0.3 is 5.32 Å². The third-order valence-corrected chi connectivity index (χ3v) is 2.70. The van der Waals surface area contributed by atoms with E-state index < -0.39 is 0 Å². The molecule has 2 aromatic carbocycles. The van der Waals surface area contributed by atoms with Crippen molar-refractivity contribution in [2.75, 3.05) is 0 Å². The first-order valence-electron chi connectivity index (χ1n) is 5.73. The zero-order valence-electron chi connectivity index (χ0n) is 9.86. The summed E-state index contributed by atoms with van der Waals surface area (Å²) in [6.07, 6.45) is 0. The van der Waals surface area contributed by atoms with Crippen LogP contribution < -0.4 is 5.32 Å². The molecular weight excluding hydrogens is 227 g/mol. The van der Waals surface area contributed by atoms with E-state index in [0.717, 1.165) is 11.1 Å². The topological polar surface area (TPSA) is 35.8 Å². The predicted molar refractivity (Wildman–Crippen MR) is 68.1 cm³/mol. The summed E-state index contributed by atoms with van der Waals surface area (Å²) in [5, 5.41) is 12.2. The molecule has 0 atom stereocenters. The molecule has 18 heavy (non-hydrogen) atoms. The van der Waals surface area contributed by atoms with Gasteiger partial charge in [-0.15, -0.1) is 0 Å². The molecule has 0 spiro atoms. The average molecular weight is 240 g/mol. The third-order valence-electron chi connectivity index (χ3n) is 2.70. The molecule has 0 saturated heterocycles. The quantitative estimate of drug-likeness (QED) is 0.891. The second kappa shape index (κ2) is 5.95. The molecule has 2 nitrogen and oxygen atoms in total. The summed E-state index contributed by atoms with van der Waals surface area (Å²) in [5.74, 6) is -0.228. The summed E-state index contributed by atoms with van der Waals surface area (Å²) in [4.78, 5) is 0. The third kappa shape index (κ3) is 3.16. The lowest BCUT2D eigenvalue weighted by molar-refractivity contribution is 0.625. The Balaban J connectivity index is 1.93. The van der Waals surface area contributed by atoms with Crippen LogP contribution in [0, 0.1) is 17.1 Å². The van der Waals surface area contributed by atoms with Crippen molar-refractivity contribution in [1.82, 2.24) is 5.32 Å². The zero-order valence-corrected chi connectivity index (χ0v) is 9.86. The Bertz CT molecular complexity index is 555. The Hall–Kier alpha value is -2.18. The van der Waals surface area contributed by atoms with Gasteiger partial charge in [-0.05, 0) is 29.3 Å². The molecule has 2 aromatic rings. The predicted octanol–water partition coefficient (Wildman–Crippen LogP) is 2.99. The molecule has 0 aliphatic heterocycles. The largest absolute Gasteiger partial charge is 0.309 e. The molecule has 90 valence electrons. The van der Waals surface area contributed by atoms with Gasteiger partial charge in [0.05, 0.1) is 11.6 Å². The number of nitrogens with one attached hydrogen (secondary N) is 1. The van der Waals surface area contributed by atoms with Gasteiger partial charge in [-0.25, -0.2) is 4.39 Å². The Kier molecular flexibility index (Phi) is 4.06. The minimum absolute atomic E-state index is 0.228. The molecular formula is C15H13FN2. The van der Waals surface area contributed by atoms with Gasteiger partial charge in [0.1, 0.15) is 5.82 Å². The summed E-state index contributed by atoms with van der Waals surface area (Å²) in [6.45, 7) is 1.28. The highest BCUT2D eigenvalue weighted by molar-refractivity contribution is 5.37. The fourth-order valence-electron chi connectivity index (χ4n) is 1.73. The minimum atomic E-state index is -0.228. The first kappa shape index (κ1) is 12.3. The van der Waals surface area contributed by atoms with Gasteiger partial charge in [0.25, 0.3) is 0 Å². The molecule has 0 aliphatic carbocycles. The number of nitrogens with zero attached hydrogens (tertiary/aromatic N) is 1. The van der Waals surface area contributed by atoms with Crippen LogP contribution in [0.25, 0.3) is 0 Å². The Morgan fingerprint density at radius 3 is 2.44 bits per heavy atom. The van der Waals surface area contributed by atoms with E-state index in [9.17, 15) is 4.39 Å². The molecule has 0 radical (unpaired) electrons. The first-order valence-corrected chi connectivity index (χ1v) is 5.73. The Morgan fingerprint density at radius 1 is 1.00 bits per heavy atom. The minimum Gasteiger partial charge on any atom is -0.309 e.